The maximum Gasteiger partial charge on any atom is 0.252 e. The minimum atomic E-state index is -0.0920. The topological polar surface area (TPSA) is 9.72 Å². The summed E-state index contributed by atoms with van der Waals surface area (Å²) < 4.78 is 0. The summed E-state index contributed by atoms with van der Waals surface area (Å²) in [7, 11) is 0. The maximum atomic E-state index is 2.83. The Morgan fingerprint density at radius 1 is 0.412 bits per heavy atom. The second kappa shape index (κ2) is 17.3. The van der Waals surface area contributed by atoms with Crippen LogP contribution < -0.4 is 31.1 Å². The van der Waals surface area contributed by atoms with Crippen molar-refractivity contribution in [3.8, 4) is 11.1 Å². The number of rotatable bonds is 4. The van der Waals surface area contributed by atoms with E-state index in [9.17, 15) is 0 Å². The van der Waals surface area contributed by atoms with Gasteiger partial charge in [-0.25, -0.2) is 0 Å². The van der Waals surface area contributed by atoms with Crippen LogP contribution in [0.3, 0.4) is 0 Å². The van der Waals surface area contributed by atoms with Crippen LogP contribution in [-0.4, -0.2) is 12.3 Å². The molecule has 4 heteroatoms. The third-order valence-corrected chi connectivity index (χ3v) is 22.0. The summed E-state index contributed by atoms with van der Waals surface area (Å²) in [5.41, 5.74) is 30.2. The van der Waals surface area contributed by atoms with E-state index in [1.165, 1.54) is 162 Å². The van der Waals surface area contributed by atoms with E-state index in [1.54, 1.807) is 0 Å². The molecule has 0 spiro atoms. The predicted molar refractivity (Wildman–Crippen MR) is 346 cm³/mol. The van der Waals surface area contributed by atoms with E-state index in [4.69, 9.17) is 0 Å². The standard InChI is InChI=1S/C76H90BN3/c1-47-38-66-68-67(39-47)79(63-45-56-54(40-48(63)2)71(9,10)34-36-73(56,13)14)64-43-52(80-62-31-27-51(70(6,7)8)42-58(62)75(17)32-22-23-33-76(75,80)18)28-29-59(64)77(68)60-44-55-57(74(15,16)37-35-72(55,11)12)46-65(60)78(66)61-30-26-50(69(3,4)5)41-53(61)49-24-20-19-21-25-49/h19-21,24-31,38-46H,22-23,32-37H2,1-18H3. The summed E-state index contributed by atoms with van der Waals surface area (Å²) in [5, 5.41) is 0. The average Bonchev–Trinajstić information content (AvgIpc) is 3.19. The van der Waals surface area contributed by atoms with Crippen molar-refractivity contribution < 1.29 is 0 Å². The van der Waals surface area contributed by atoms with Crippen molar-refractivity contribution in [1.82, 2.24) is 0 Å². The first kappa shape index (κ1) is 53.3. The molecule has 13 rings (SSSR count). The Balaban J connectivity index is 1.14. The number of hydrogen-bond donors (Lipinski definition) is 0. The van der Waals surface area contributed by atoms with Gasteiger partial charge in [0.25, 0.3) is 6.71 Å². The molecular weight excluding hydrogens is 966 g/mol. The first-order valence-electron chi connectivity index (χ1n) is 30.8. The molecule has 2 unspecified atom stereocenters. The number of benzene rings is 7. The van der Waals surface area contributed by atoms with Gasteiger partial charge in [-0.2, -0.15) is 0 Å². The molecule has 6 aliphatic rings. The highest BCUT2D eigenvalue weighted by atomic mass is 15.3. The van der Waals surface area contributed by atoms with Crippen LogP contribution in [0.4, 0.5) is 45.5 Å². The smallest absolute Gasteiger partial charge is 0.252 e. The van der Waals surface area contributed by atoms with Crippen LogP contribution in [0.15, 0.2) is 121 Å². The van der Waals surface area contributed by atoms with Gasteiger partial charge in [0.05, 0.1) is 11.2 Å². The van der Waals surface area contributed by atoms with Gasteiger partial charge in [0.1, 0.15) is 0 Å². The monoisotopic (exact) mass is 1060 g/mol. The maximum absolute atomic E-state index is 2.83. The Kier molecular flexibility index (Phi) is 11.5. The largest absolute Gasteiger partial charge is 0.334 e. The van der Waals surface area contributed by atoms with Gasteiger partial charge in [0.15, 0.2) is 0 Å². The summed E-state index contributed by atoms with van der Waals surface area (Å²) in [5.74, 6) is 0. The van der Waals surface area contributed by atoms with Gasteiger partial charge in [-0.1, -0.05) is 183 Å². The van der Waals surface area contributed by atoms with Crippen molar-refractivity contribution in [2.24, 2.45) is 0 Å². The molecule has 80 heavy (non-hydrogen) atoms. The number of nitrogens with zero attached hydrogens (tertiary/aromatic N) is 3. The molecule has 7 aromatic rings. The van der Waals surface area contributed by atoms with Crippen molar-refractivity contribution in [3.05, 3.63) is 171 Å². The molecule has 412 valence electrons. The molecule has 0 radical (unpaired) electrons. The van der Waals surface area contributed by atoms with Crippen LogP contribution in [-0.2, 0) is 37.9 Å². The van der Waals surface area contributed by atoms with Crippen molar-refractivity contribution >= 4 is 68.6 Å². The molecule has 0 N–H and O–H groups in total. The summed E-state index contributed by atoms with van der Waals surface area (Å²) >= 11 is 0. The van der Waals surface area contributed by atoms with Crippen LogP contribution in [0.1, 0.15) is 212 Å². The van der Waals surface area contributed by atoms with E-state index in [0.717, 1.165) is 12.8 Å². The van der Waals surface area contributed by atoms with Gasteiger partial charge in [-0.05, 0) is 218 Å². The SMILES string of the molecule is Cc1cc2c3c(c1)N(c1ccc(C(C)(C)C)cc1-c1ccccc1)c1cc4c(cc1B3c1ccc(N3c5ccc(C(C)(C)C)cc5C5(C)CCCCC35C)cc1N2c1cc2c(cc1C)C(C)(C)CCC2(C)C)C(C)(C)CCC4(C)C. The third-order valence-electron chi connectivity index (χ3n) is 22.0. The molecule has 3 heterocycles. The highest BCUT2D eigenvalue weighted by Crippen LogP contribution is 2.62. The van der Waals surface area contributed by atoms with Crippen LogP contribution in [0, 0.1) is 13.8 Å². The van der Waals surface area contributed by atoms with Gasteiger partial charge >= 0.3 is 0 Å². The summed E-state index contributed by atoms with van der Waals surface area (Å²) in [6.07, 6.45) is 9.56. The fourth-order valence-electron chi connectivity index (χ4n) is 16.4. The van der Waals surface area contributed by atoms with Gasteiger partial charge in [0, 0.05) is 50.8 Å². The Hall–Kier alpha value is -6.00. The number of anilines is 8. The van der Waals surface area contributed by atoms with E-state index in [1.807, 2.05) is 0 Å². The zero-order chi connectivity index (χ0) is 56.8. The Morgan fingerprint density at radius 3 is 1.52 bits per heavy atom. The van der Waals surface area contributed by atoms with E-state index in [2.05, 4.69) is 261 Å². The lowest BCUT2D eigenvalue weighted by atomic mass is 9.33. The molecule has 2 atom stereocenters. The van der Waals surface area contributed by atoms with Crippen LogP contribution in [0.25, 0.3) is 11.1 Å². The highest BCUT2D eigenvalue weighted by Gasteiger charge is 2.58. The van der Waals surface area contributed by atoms with Crippen molar-refractivity contribution in [3.63, 3.8) is 0 Å². The van der Waals surface area contributed by atoms with Crippen molar-refractivity contribution in [2.45, 2.75) is 219 Å². The van der Waals surface area contributed by atoms with Gasteiger partial charge in [-0.15, -0.1) is 0 Å². The van der Waals surface area contributed by atoms with Gasteiger partial charge in [-0.3, -0.25) is 0 Å². The van der Waals surface area contributed by atoms with Gasteiger partial charge in [0.2, 0.25) is 0 Å². The predicted octanol–water partition coefficient (Wildman–Crippen LogP) is 19.1. The normalized spacial score (nSPS) is 22.6. The minimum Gasteiger partial charge on any atom is -0.334 e. The van der Waals surface area contributed by atoms with Gasteiger partial charge < -0.3 is 14.7 Å². The average molecular weight is 1060 g/mol. The van der Waals surface area contributed by atoms with E-state index in [0.29, 0.717) is 0 Å². The number of aryl methyl sites for hydroxylation is 2. The van der Waals surface area contributed by atoms with Crippen LogP contribution in [0.2, 0.25) is 0 Å². The molecule has 1 saturated carbocycles. The van der Waals surface area contributed by atoms with E-state index < -0.39 is 0 Å². The summed E-state index contributed by atoms with van der Waals surface area (Å²) in [6, 6.07) is 49.7. The lowest BCUT2D eigenvalue weighted by molar-refractivity contribution is 0.195. The Morgan fingerprint density at radius 2 is 0.925 bits per heavy atom. The number of fused-ring (bicyclic) bond motifs is 9. The molecule has 3 aliphatic carbocycles. The quantitative estimate of drug-likeness (QED) is 0.163. The first-order valence-corrected chi connectivity index (χ1v) is 30.8. The fraction of sp³-hybridized carbons (Fsp3) is 0.447. The number of hydrogen-bond acceptors (Lipinski definition) is 3. The van der Waals surface area contributed by atoms with Crippen molar-refractivity contribution in [2.75, 3.05) is 14.7 Å². The van der Waals surface area contributed by atoms with Crippen LogP contribution in [0.5, 0.6) is 0 Å². The first-order chi connectivity index (χ1) is 37.4. The fourth-order valence-corrected chi connectivity index (χ4v) is 16.4. The lowest BCUT2D eigenvalue weighted by Crippen LogP contribution is -2.62. The second-order valence-electron chi connectivity index (χ2n) is 31.2. The molecule has 0 saturated heterocycles. The minimum absolute atomic E-state index is 0.00337. The zero-order valence-electron chi connectivity index (χ0n) is 52.1. The molecule has 3 aliphatic heterocycles. The van der Waals surface area contributed by atoms with E-state index in [-0.39, 0.29) is 50.2 Å². The van der Waals surface area contributed by atoms with Crippen LogP contribution >= 0.6 is 0 Å². The summed E-state index contributed by atoms with van der Waals surface area (Å²) in [4.78, 5) is 8.33. The third kappa shape index (κ3) is 7.71. The Bertz CT molecular complexity index is 3720. The lowest BCUT2D eigenvalue weighted by Gasteiger charge is -2.51. The second-order valence-corrected chi connectivity index (χ2v) is 31.2. The molecule has 0 amide bonds. The molecule has 0 aromatic heterocycles. The Labute approximate surface area is 482 Å². The highest BCUT2D eigenvalue weighted by molar-refractivity contribution is 7.00. The zero-order valence-corrected chi connectivity index (χ0v) is 52.1. The molecular formula is C76H90BN3. The summed E-state index contributed by atoms with van der Waals surface area (Å²) in [6.45, 7) is 44.1. The molecule has 3 nitrogen and oxygen atoms in total. The molecule has 7 aromatic carbocycles. The van der Waals surface area contributed by atoms with E-state index >= 15 is 0 Å². The molecule has 1 fully saturated rings. The van der Waals surface area contributed by atoms with Crippen molar-refractivity contribution in [1.29, 1.82) is 0 Å². The molecule has 0 bridgehead atoms.